The summed E-state index contributed by atoms with van der Waals surface area (Å²) < 4.78 is 21.1. The second-order valence-electron chi connectivity index (χ2n) is 5.63. The van der Waals surface area contributed by atoms with Crippen LogP contribution >= 0.6 is 0 Å². The van der Waals surface area contributed by atoms with Gasteiger partial charge in [-0.2, -0.15) is 5.10 Å². The van der Waals surface area contributed by atoms with Gasteiger partial charge in [0.2, 0.25) is 11.2 Å². The van der Waals surface area contributed by atoms with Crippen molar-refractivity contribution in [2.45, 2.75) is 0 Å². The number of hydrogen-bond acceptors (Lipinski definition) is 7. The minimum Gasteiger partial charge on any atom is -0.493 e. The molecular formula is C20H18N2O6. The number of nitrogens with one attached hydrogen (secondary N) is 1. The maximum absolute atomic E-state index is 12.4. The Morgan fingerprint density at radius 3 is 2.39 bits per heavy atom. The lowest BCUT2D eigenvalue weighted by atomic mass is 10.1. The lowest BCUT2D eigenvalue weighted by Crippen LogP contribution is -2.19. The first kappa shape index (κ1) is 19.0. The third-order valence-corrected chi connectivity index (χ3v) is 4.00. The summed E-state index contributed by atoms with van der Waals surface area (Å²) in [5, 5.41) is 4.27. The molecule has 0 radical (unpaired) electrons. The van der Waals surface area contributed by atoms with Crippen molar-refractivity contribution in [2.75, 3.05) is 21.3 Å². The molecule has 0 atom stereocenters. The van der Waals surface area contributed by atoms with Crippen LogP contribution in [-0.2, 0) is 0 Å². The Morgan fingerprint density at radius 2 is 1.75 bits per heavy atom. The molecule has 0 spiro atoms. The Labute approximate surface area is 160 Å². The van der Waals surface area contributed by atoms with Crippen LogP contribution in [0.3, 0.4) is 0 Å². The van der Waals surface area contributed by atoms with E-state index in [2.05, 4.69) is 10.5 Å². The fraction of sp³-hybridized carbons (Fsp3) is 0.150. The fourth-order valence-corrected chi connectivity index (χ4v) is 2.62. The van der Waals surface area contributed by atoms with Gasteiger partial charge >= 0.3 is 0 Å². The highest BCUT2D eigenvalue weighted by Crippen LogP contribution is 2.38. The number of hydrogen-bond donors (Lipinski definition) is 1. The van der Waals surface area contributed by atoms with Crippen molar-refractivity contribution in [3.05, 3.63) is 64.0 Å². The number of methoxy groups -OCH3 is 3. The summed E-state index contributed by atoms with van der Waals surface area (Å²) in [4.78, 5) is 24.8. The zero-order valence-electron chi connectivity index (χ0n) is 15.5. The number of fused-ring (bicyclic) bond motifs is 1. The van der Waals surface area contributed by atoms with E-state index in [1.54, 1.807) is 24.3 Å². The summed E-state index contributed by atoms with van der Waals surface area (Å²) in [5.41, 5.74) is 3.06. The molecule has 1 aromatic heterocycles. The zero-order valence-corrected chi connectivity index (χ0v) is 15.5. The van der Waals surface area contributed by atoms with E-state index in [4.69, 9.17) is 18.6 Å². The van der Waals surface area contributed by atoms with E-state index in [1.807, 2.05) is 0 Å². The molecule has 1 heterocycles. The van der Waals surface area contributed by atoms with Gasteiger partial charge in [0, 0.05) is 5.56 Å². The molecule has 0 fully saturated rings. The van der Waals surface area contributed by atoms with Gasteiger partial charge in [0.05, 0.1) is 38.5 Å². The standard InChI is InChI=1S/C20H18N2O6/c1-25-16-8-12(9-17(26-2)19(16)27-3)20(24)22-21-10-13-11-28-15-7-5-4-6-14(15)18(13)23/h4-11H,1-3H3,(H,22,24)/b21-10-. The summed E-state index contributed by atoms with van der Waals surface area (Å²) in [6, 6.07) is 9.87. The number of para-hydroxylation sites is 1. The molecule has 144 valence electrons. The van der Waals surface area contributed by atoms with Crippen molar-refractivity contribution in [2.24, 2.45) is 5.10 Å². The molecule has 0 bridgehead atoms. The largest absolute Gasteiger partial charge is 0.493 e. The minimum atomic E-state index is -0.513. The maximum Gasteiger partial charge on any atom is 0.271 e. The molecule has 0 saturated heterocycles. The second kappa shape index (κ2) is 8.26. The molecule has 28 heavy (non-hydrogen) atoms. The predicted molar refractivity (Wildman–Crippen MR) is 104 cm³/mol. The molecule has 0 unspecified atom stereocenters. The van der Waals surface area contributed by atoms with E-state index in [0.717, 1.165) is 0 Å². The Balaban J connectivity index is 1.82. The third-order valence-electron chi connectivity index (χ3n) is 4.00. The van der Waals surface area contributed by atoms with E-state index < -0.39 is 5.91 Å². The van der Waals surface area contributed by atoms with Crippen LogP contribution in [-0.4, -0.2) is 33.5 Å². The van der Waals surface area contributed by atoms with Crippen LogP contribution in [0.1, 0.15) is 15.9 Å². The SMILES string of the molecule is COc1cc(C(=O)N/N=C\c2coc3ccccc3c2=O)cc(OC)c1OC. The van der Waals surface area contributed by atoms with Crippen LogP contribution < -0.4 is 25.1 Å². The Hall–Kier alpha value is -3.81. The lowest BCUT2D eigenvalue weighted by molar-refractivity contribution is 0.0954. The molecule has 8 heteroatoms. The van der Waals surface area contributed by atoms with E-state index in [-0.39, 0.29) is 16.6 Å². The van der Waals surface area contributed by atoms with Crippen LogP contribution in [0, 0.1) is 0 Å². The minimum absolute atomic E-state index is 0.212. The van der Waals surface area contributed by atoms with E-state index in [0.29, 0.717) is 28.2 Å². The molecule has 0 aliphatic heterocycles. The number of carbonyl (C=O) groups is 1. The van der Waals surface area contributed by atoms with Crippen LogP contribution in [0.5, 0.6) is 17.2 Å². The van der Waals surface area contributed by atoms with Gasteiger partial charge in [0.1, 0.15) is 11.8 Å². The fourth-order valence-electron chi connectivity index (χ4n) is 2.62. The predicted octanol–water partition coefficient (Wildman–Crippen LogP) is 2.58. The Kier molecular flexibility index (Phi) is 5.59. The number of hydrazone groups is 1. The van der Waals surface area contributed by atoms with Crippen LogP contribution in [0.2, 0.25) is 0 Å². The first-order chi connectivity index (χ1) is 13.6. The summed E-state index contributed by atoms with van der Waals surface area (Å²) >= 11 is 0. The van der Waals surface area contributed by atoms with Crippen molar-refractivity contribution in [1.29, 1.82) is 0 Å². The molecule has 8 nitrogen and oxygen atoms in total. The van der Waals surface area contributed by atoms with Crippen LogP contribution in [0.15, 0.2) is 57.0 Å². The molecule has 3 aromatic rings. The first-order valence-corrected chi connectivity index (χ1v) is 8.23. The maximum atomic E-state index is 12.4. The molecule has 0 saturated carbocycles. The number of rotatable bonds is 6. The van der Waals surface area contributed by atoms with Crippen molar-refractivity contribution in [3.8, 4) is 17.2 Å². The first-order valence-electron chi connectivity index (χ1n) is 8.23. The lowest BCUT2D eigenvalue weighted by Gasteiger charge is -2.13. The summed E-state index contributed by atoms with van der Waals surface area (Å²) in [6.07, 6.45) is 2.52. The van der Waals surface area contributed by atoms with Gasteiger partial charge in [-0.25, -0.2) is 5.43 Å². The van der Waals surface area contributed by atoms with Crippen LogP contribution in [0.4, 0.5) is 0 Å². The molecular weight excluding hydrogens is 364 g/mol. The molecule has 1 N–H and O–H groups in total. The Morgan fingerprint density at radius 1 is 1.07 bits per heavy atom. The second-order valence-corrected chi connectivity index (χ2v) is 5.63. The van der Waals surface area contributed by atoms with Gasteiger partial charge in [-0.05, 0) is 24.3 Å². The van der Waals surface area contributed by atoms with E-state index >= 15 is 0 Å². The molecule has 3 rings (SSSR count). The van der Waals surface area contributed by atoms with E-state index in [1.165, 1.54) is 45.9 Å². The number of nitrogens with zero attached hydrogens (tertiary/aromatic N) is 1. The average molecular weight is 382 g/mol. The van der Waals surface area contributed by atoms with Gasteiger partial charge in [0.25, 0.3) is 5.91 Å². The van der Waals surface area contributed by atoms with Crippen LogP contribution in [0.25, 0.3) is 11.0 Å². The van der Waals surface area contributed by atoms with Gasteiger partial charge in [-0.1, -0.05) is 12.1 Å². The van der Waals surface area contributed by atoms with E-state index in [9.17, 15) is 9.59 Å². The Bertz CT molecular complexity index is 1080. The monoisotopic (exact) mass is 382 g/mol. The summed E-state index contributed by atoms with van der Waals surface area (Å²) in [6.45, 7) is 0. The molecule has 0 aliphatic rings. The van der Waals surface area contributed by atoms with Gasteiger partial charge in [-0.3, -0.25) is 9.59 Å². The van der Waals surface area contributed by atoms with Crippen molar-refractivity contribution >= 4 is 23.1 Å². The topological polar surface area (TPSA) is 99.4 Å². The molecule has 1 amide bonds. The number of benzene rings is 2. The summed E-state index contributed by atoms with van der Waals surface area (Å²) in [7, 11) is 4.38. The van der Waals surface area contributed by atoms with Crippen molar-refractivity contribution < 1.29 is 23.4 Å². The highest BCUT2D eigenvalue weighted by atomic mass is 16.5. The molecule has 0 aliphatic carbocycles. The normalized spacial score (nSPS) is 10.8. The quantitative estimate of drug-likeness (QED) is 0.520. The smallest absolute Gasteiger partial charge is 0.271 e. The highest BCUT2D eigenvalue weighted by molar-refractivity contribution is 5.96. The number of amides is 1. The number of ether oxygens (including phenoxy) is 3. The van der Waals surface area contributed by atoms with Gasteiger partial charge in [-0.15, -0.1) is 0 Å². The van der Waals surface area contributed by atoms with Gasteiger partial charge < -0.3 is 18.6 Å². The van der Waals surface area contributed by atoms with Crippen molar-refractivity contribution in [3.63, 3.8) is 0 Å². The summed E-state index contributed by atoms with van der Waals surface area (Å²) in [5.74, 6) is 0.539. The third kappa shape index (κ3) is 3.66. The van der Waals surface area contributed by atoms with Gasteiger partial charge in [0.15, 0.2) is 11.5 Å². The average Bonchev–Trinajstić information content (AvgIpc) is 2.74. The number of carbonyl (C=O) groups excluding carboxylic acids is 1. The highest BCUT2D eigenvalue weighted by Gasteiger charge is 2.16. The van der Waals surface area contributed by atoms with Crippen molar-refractivity contribution in [1.82, 2.24) is 5.43 Å². The zero-order chi connectivity index (χ0) is 20.1. The molecule has 2 aromatic carbocycles.